The number of carbonyl (C=O) groups excluding carboxylic acids is 1. The van der Waals surface area contributed by atoms with Gasteiger partial charge in [0.05, 0.1) is 26.4 Å². The molecule has 1 aromatic carbocycles. The van der Waals surface area contributed by atoms with Crippen LogP contribution < -0.4 is 5.32 Å². The van der Waals surface area contributed by atoms with Crippen LogP contribution in [0.4, 0.5) is 5.69 Å². The molecule has 0 saturated carbocycles. The normalized spacial score (nSPS) is 14.7. The van der Waals surface area contributed by atoms with Gasteiger partial charge in [0, 0.05) is 24.5 Å². The van der Waals surface area contributed by atoms with Crippen molar-refractivity contribution in [2.75, 3.05) is 38.9 Å². The Bertz CT molecular complexity index is 612. The minimum atomic E-state index is -3.60. The van der Waals surface area contributed by atoms with Crippen molar-refractivity contribution >= 4 is 29.8 Å². The van der Waals surface area contributed by atoms with Gasteiger partial charge in [-0.05, 0) is 29.1 Å². The number of carbonyl (C=O) groups is 1. The first kappa shape index (κ1) is 24.1. The molecule has 2 atom stereocenters. The molecule has 2 unspecified atom stereocenters. The number of methoxy groups -OCH3 is 1. The fourth-order valence-electron chi connectivity index (χ4n) is 1.86. The molecule has 0 saturated heterocycles. The average Bonchev–Trinajstić information content (AvgIpc) is 2.65. The number of hydrogen-bond donors (Lipinski definition) is 3. The summed E-state index contributed by atoms with van der Waals surface area (Å²) in [4.78, 5) is 11.7. The second-order valence-electron chi connectivity index (χ2n) is 5.98. The lowest BCUT2D eigenvalue weighted by atomic mass is 10.2. The molecule has 0 aliphatic carbocycles. The molecule has 0 bridgehead atoms. The molecule has 0 aliphatic heterocycles. The third-order valence-electron chi connectivity index (χ3n) is 3.31. The van der Waals surface area contributed by atoms with Crippen LogP contribution in [0.25, 0.3) is 0 Å². The summed E-state index contributed by atoms with van der Waals surface area (Å²) in [6.07, 6.45) is -0.791. The van der Waals surface area contributed by atoms with Gasteiger partial charge in [-0.25, -0.2) is 4.57 Å². The first-order valence-corrected chi connectivity index (χ1v) is 11.6. The number of hydrogen-bond acceptors (Lipinski definition) is 8. The number of aliphatic hydroxyl groups excluding tert-OH is 2. The van der Waals surface area contributed by atoms with E-state index in [4.69, 9.17) is 18.9 Å². The van der Waals surface area contributed by atoms with E-state index in [1.807, 2.05) is 13.8 Å². The minimum Gasteiger partial charge on any atom is -0.394 e. The van der Waals surface area contributed by atoms with E-state index in [1.54, 1.807) is 24.3 Å². The standard InChI is InChI=1S/C17H28NO7PS/c1-13(2)17(21)18-15-6-4-14(5-7-15)12-27-26(22,24-9-8-19)25-16(10-20)11-23-3/h4-7,13,16,19-20H,8-12H2,1-3H3,(H,18,21). The first-order chi connectivity index (χ1) is 12.8. The van der Waals surface area contributed by atoms with Crippen molar-refractivity contribution < 1.29 is 33.4 Å². The van der Waals surface area contributed by atoms with Crippen molar-refractivity contribution in [1.82, 2.24) is 0 Å². The highest BCUT2D eigenvalue weighted by Crippen LogP contribution is 2.62. The monoisotopic (exact) mass is 421 g/mol. The van der Waals surface area contributed by atoms with Crippen LogP contribution in [0.1, 0.15) is 19.4 Å². The van der Waals surface area contributed by atoms with Crippen LogP contribution in [-0.4, -0.2) is 55.8 Å². The summed E-state index contributed by atoms with van der Waals surface area (Å²) in [7, 11) is 1.44. The van der Waals surface area contributed by atoms with Crippen LogP contribution in [0.2, 0.25) is 0 Å². The van der Waals surface area contributed by atoms with Gasteiger partial charge in [-0.3, -0.25) is 13.8 Å². The third kappa shape index (κ3) is 9.21. The molecule has 0 spiro atoms. The SMILES string of the molecule is COCC(CO)OP(=O)(OCCO)SCc1ccc(NC(=O)C(C)C)cc1. The lowest BCUT2D eigenvalue weighted by Gasteiger charge is -2.22. The molecular weight excluding hydrogens is 393 g/mol. The summed E-state index contributed by atoms with van der Waals surface area (Å²) in [6, 6.07) is 7.13. The Morgan fingerprint density at radius 1 is 1.26 bits per heavy atom. The van der Waals surface area contributed by atoms with Crippen molar-refractivity contribution in [3.8, 4) is 0 Å². The smallest absolute Gasteiger partial charge is 0.389 e. The van der Waals surface area contributed by atoms with Gasteiger partial charge in [-0.2, -0.15) is 0 Å². The van der Waals surface area contributed by atoms with Gasteiger partial charge in [-0.1, -0.05) is 26.0 Å². The molecule has 1 aromatic rings. The fraction of sp³-hybridized carbons (Fsp3) is 0.588. The van der Waals surface area contributed by atoms with Crippen molar-refractivity contribution in [1.29, 1.82) is 0 Å². The van der Waals surface area contributed by atoms with Crippen LogP contribution in [-0.2, 0) is 28.9 Å². The van der Waals surface area contributed by atoms with Gasteiger partial charge in [0.25, 0.3) is 0 Å². The molecule has 0 aromatic heterocycles. The predicted octanol–water partition coefficient (Wildman–Crippen LogP) is 2.66. The molecule has 0 heterocycles. The maximum absolute atomic E-state index is 12.9. The number of rotatable bonds is 13. The molecule has 154 valence electrons. The van der Waals surface area contributed by atoms with Crippen LogP contribution in [0, 0.1) is 5.92 Å². The highest BCUT2D eigenvalue weighted by Gasteiger charge is 2.30. The summed E-state index contributed by atoms with van der Waals surface area (Å²) in [6.45, 7) is -0.728. The van der Waals surface area contributed by atoms with E-state index in [2.05, 4.69) is 5.32 Å². The predicted molar refractivity (Wildman–Crippen MR) is 106 cm³/mol. The van der Waals surface area contributed by atoms with Crippen molar-refractivity contribution in [3.05, 3.63) is 29.8 Å². The summed E-state index contributed by atoms with van der Waals surface area (Å²) in [5.41, 5.74) is 1.53. The molecule has 1 amide bonds. The Kier molecular flexibility index (Phi) is 11.2. The van der Waals surface area contributed by atoms with Gasteiger partial charge in [0.1, 0.15) is 6.10 Å². The van der Waals surface area contributed by atoms with Gasteiger partial charge >= 0.3 is 6.80 Å². The second-order valence-corrected chi connectivity index (χ2v) is 10.0. The average molecular weight is 421 g/mol. The lowest BCUT2D eigenvalue weighted by Crippen LogP contribution is -2.22. The molecule has 1 rings (SSSR count). The fourth-order valence-corrected chi connectivity index (χ4v) is 5.27. The molecule has 3 N–H and O–H groups in total. The number of aliphatic hydroxyl groups is 2. The summed E-state index contributed by atoms with van der Waals surface area (Å²) in [5.74, 6) is 0.144. The molecule has 0 aliphatic rings. The van der Waals surface area contributed by atoms with Gasteiger partial charge < -0.3 is 20.3 Å². The Morgan fingerprint density at radius 2 is 1.93 bits per heavy atom. The number of nitrogens with one attached hydrogen (secondary N) is 1. The topological polar surface area (TPSA) is 114 Å². The maximum Gasteiger partial charge on any atom is 0.389 e. The highest BCUT2D eigenvalue weighted by atomic mass is 32.7. The van der Waals surface area contributed by atoms with Crippen LogP contribution in [0.5, 0.6) is 0 Å². The third-order valence-corrected chi connectivity index (χ3v) is 7.05. The van der Waals surface area contributed by atoms with Crippen LogP contribution in [0.15, 0.2) is 24.3 Å². The number of amides is 1. The van der Waals surface area contributed by atoms with Crippen LogP contribution >= 0.6 is 18.2 Å². The van der Waals surface area contributed by atoms with E-state index in [9.17, 15) is 14.5 Å². The number of ether oxygens (including phenoxy) is 1. The second kappa shape index (κ2) is 12.5. The molecular formula is C17H28NO7PS. The zero-order valence-corrected chi connectivity index (χ0v) is 17.5. The van der Waals surface area contributed by atoms with Crippen molar-refractivity contribution in [3.63, 3.8) is 0 Å². The van der Waals surface area contributed by atoms with E-state index >= 15 is 0 Å². The summed E-state index contributed by atoms with van der Waals surface area (Å²) in [5, 5.41) is 21.0. The van der Waals surface area contributed by atoms with E-state index in [-0.39, 0.29) is 38.3 Å². The quantitative estimate of drug-likeness (QED) is 0.417. The lowest BCUT2D eigenvalue weighted by molar-refractivity contribution is -0.118. The zero-order valence-electron chi connectivity index (χ0n) is 15.8. The van der Waals surface area contributed by atoms with E-state index in [0.29, 0.717) is 11.4 Å². The molecule has 0 fully saturated rings. The number of anilines is 1. The Labute approximate surface area is 163 Å². The van der Waals surface area contributed by atoms with Crippen molar-refractivity contribution in [2.45, 2.75) is 25.7 Å². The Hall–Kier alpha value is -0.930. The molecule has 27 heavy (non-hydrogen) atoms. The summed E-state index contributed by atoms with van der Waals surface area (Å²) < 4.78 is 28.4. The minimum absolute atomic E-state index is 0.0633. The molecule has 0 radical (unpaired) electrons. The summed E-state index contributed by atoms with van der Waals surface area (Å²) >= 11 is 0.957. The Morgan fingerprint density at radius 3 is 2.44 bits per heavy atom. The van der Waals surface area contributed by atoms with E-state index in [1.165, 1.54) is 7.11 Å². The molecule has 8 nitrogen and oxygen atoms in total. The molecule has 10 heteroatoms. The zero-order chi connectivity index (χ0) is 20.3. The van der Waals surface area contributed by atoms with Crippen LogP contribution in [0.3, 0.4) is 0 Å². The Balaban J connectivity index is 2.71. The maximum atomic E-state index is 12.9. The van der Waals surface area contributed by atoms with Crippen molar-refractivity contribution in [2.24, 2.45) is 5.92 Å². The number of benzene rings is 1. The van der Waals surface area contributed by atoms with E-state index < -0.39 is 12.9 Å². The first-order valence-electron chi connectivity index (χ1n) is 8.51. The van der Waals surface area contributed by atoms with Gasteiger partial charge in [-0.15, -0.1) is 0 Å². The van der Waals surface area contributed by atoms with Gasteiger partial charge in [0.2, 0.25) is 5.91 Å². The van der Waals surface area contributed by atoms with Gasteiger partial charge in [0.15, 0.2) is 0 Å². The van der Waals surface area contributed by atoms with E-state index in [0.717, 1.165) is 16.9 Å². The largest absolute Gasteiger partial charge is 0.394 e. The highest BCUT2D eigenvalue weighted by molar-refractivity contribution is 8.54.